The highest BCUT2D eigenvalue weighted by molar-refractivity contribution is 5.60. The van der Waals surface area contributed by atoms with Gasteiger partial charge in [-0.3, -0.25) is 4.48 Å². The van der Waals surface area contributed by atoms with Crippen LogP contribution in [0, 0.1) is 0 Å². The van der Waals surface area contributed by atoms with Crippen LogP contribution in [0.4, 0.5) is 0 Å². The Balaban J connectivity index is 1.93. The maximum atomic E-state index is 9.36. The largest absolute Gasteiger partial charge is 0.391 e. The van der Waals surface area contributed by atoms with Crippen molar-refractivity contribution in [3.8, 4) is 0 Å². The van der Waals surface area contributed by atoms with E-state index in [1.807, 2.05) is 0 Å². The normalized spacial score (nSPS) is 22.7. The minimum atomic E-state index is 0.280. The second-order valence-electron chi connectivity index (χ2n) is 8.00. The van der Waals surface area contributed by atoms with Crippen LogP contribution in [-0.4, -0.2) is 48.2 Å². The number of nitrogens with zero attached hydrogens (tertiary/aromatic N) is 2. The summed E-state index contributed by atoms with van der Waals surface area (Å²) in [6, 6.07) is 0. The van der Waals surface area contributed by atoms with Gasteiger partial charge in [0, 0.05) is 6.42 Å². The van der Waals surface area contributed by atoms with Crippen molar-refractivity contribution in [1.29, 1.82) is 0 Å². The van der Waals surface area contributed by atoms with Gasteiger partial charge in [-0.05, 0) is 32.6 Å². The number of allylic oxidation sites excluding steroid dienone is 2. The van der Waals surface area contributed by atoms with Crippen LogP contribution in [0.2, 0.25) is 0 Å². The van der Waals surface area contributed by atoms with E-state index >= 15 is 0 Å². The highest BCUT2D eigenvalue weighted by Gasteiger charge is 2.36. The van der Waals surface area contributed by atoms with Crippen molar-refractivity contribution in [3.63, 3.8) is 0 Å². The van der Waals surface area contributed by atoms with Crippen molar-refractivity contribution in [2.24, 2.45) is 4.99 Å². The molecule has 1 rings (SSSR count). The van der Waals surface area contributed by atoms with Gasteiger partial charge in [0.25, 0.3) is 0 Å². The van der Waals surface area contributed by atoms with Crippen molar-refractivity contribution in [2.45, 2.75) is 103 Å². The van der Waals surface area contributed by atoms with Crippen LogP contribution >= 0.6 is 0 Å². The highest BCUT2D eigenvalue weighted by Crippen LogP contribution is 2.24. The molecule has 0 saturated carbocycles. The SMILES string of the molecule is CCCC/C=C/CCCCCCCCCCC1N=CC[N+]1(CC)CCO. The standard InChI is InChI=1S/C23H45N2O/c1-3-5-6-7-8-9-10-11-12-13-14-15-16-17-18-23-24-19-20-25(23,4-2)21-22-26/h7-8,19,23,26H,3-6,9-18,20-22H2,1-2H3/q+1/b8-7+. The summed E-state index contributed by atoms with van der Waals surface area (Å²) in [6.45, 7) is 7.72. The molecule has 0 aromatic heterocycles. The number of aliphatic hydroxyl groups excluding tert-OH is 1. The van der Waals surface area contributed by atoms with Gasteiger partial charge in [-0.2, -0.15) is 0 Å². The van der Waals surface area contributed by atoms with Gasteiger partial charge in [-0.25, -0.2) is 4.99 Å². The Morgan fingerprint density at radius 1 is 0.923 bits per heavy atom. The molecule has 2 unspecified atom stereocenters. The smallest absolute Gasteiger partial charge is 0.182 e. The predicted molar refractivity (Wildman–Crippen MR) is 115 cm³/mol. The zero-order valence-electron chi connectivity index (χ0n) is 17.7. The Morgan fingerprint density at radius 2 is 1.54 bits per heavy atom. The summed E-state index contributed by atoms with van der Waals surface area (Å²) in [7, 11) is 0. The molecule has 0 saturated heterocycles. The second kappa shape index (κ2) is 15.4. The summed E-state index contributed by atoms with van der Waals surface area (Å²) in [5.41, 5.74) is 0. The van der Waals surface area contributed by atoms with Gasteiger partial charge in [-0.15, -0.1) is 0 Å². The van der Waals surface area contributed by atoms with Gasteiger partial charge in [-0.1, -0.05) is 70.4 Å². The number of hydrogen-bond acceptors (Lipinski definition) is 2. The molecule has 3 nitrogen and oxygen atoms in total. The molecule has 0 aromatic rings. The third-order valence-electron chi connectivity index (χ3n) is 6.00. The number of rotatable bonds is 17. The van der Waals surface area contributed by atoms with E-state index in [9.17, 15) is 5.11 Å². The quantitative estimate of drug-likeness (QED) is 0.195. The summed E-state index contributed by atoms with van der Waals surface area (Å²) in [5.74, 6) is 0. The lowest BCUT2D eigenvalue weighted by Gasteiger charge is -2.37. The number of hydrogen-bond donors (Lipinski definition) is 1. The van der Waals surface area contributed by atoms with E-state index in [-0.39, 0.29) is 6.61 Å². The molecular formula is C23H45N2O+. The number of aliphatic imine (C=N–C) groups is 1. The Hall–Kier alpha value is -0.670. The Labute approximate surface area is 163 Å². The van der Waals surface area contributed by atoms with Crippen LogP contribution in [0.5, 0.6) is 0 Å². The van der Waals surface area contributed by atoms with E-state index in [0.29, 0.717) is 6.17 Å². The number of unbranched alkanes of at least 4 members (excludes halogenated alkanes) is 10. The molecule has 0 bridgehead atoms. The summed E-state index contributed by atoms with van der Waals surface area (Å²) in [6.07, 6.45) is 24.6. The molecule has 1 aliphatic heterocycles. The molecule has 3 heteroatoms. The first-order valence-electron chi connectivity index (χ1n) is 11.4. The molecule has 1 N–H and O–H groups in total. The van der Waals surface area contributed by atoms with Crippen molar-refractivity contribution < 1.29 is 9.59 Å². The van der Waals surface area contributed by atoms with Gasteiger partial charge in [0.15, 0.2) is 6.17 Å². The molecule has 152 valence electrons. The minimum absolute atomic E-state index is 0.280. The first kappa shape index (κ1) is 23.4. The van der Waals surface area contributed by atoms with Gasteiger partial charge in [0.05, 0.1) is 19.4 Å². The van der Waals surface area contributed by atoms with Crippen molar-refractivity contribution in [3.05, 3.63) is 12.2 Å². The van der Waals surface area contributed by atoms with E-state index in [1.54, 1.807) is 0 Å². The molecule has 0 aliphatic carbocycles. The van der Waals surface area contributed by atoms with E-state index in [1.165, 1.54) is 83.5 Å². The number of aliphatic hydroxyl groups is 1. The maximum absolute atomic E-state index is 9.36. The Morgan fingerprint density at radius 3 is 2.15 bits per heavy atom. The van der Waals surface area contributed by atoms with Gasteiger partial charge in [0.1, 0.15) is 13.1 Å². The Kier molecular flexibility index (Phi) is 13.8. The molecule has 0 radical (unpaired) electrons. The number of quaternary nitrogens is 1. The highest BCUT2D eigenvalue weighted by atomic mass is 16.3. The summed E-state index contributed by atoms with van der Waals surface area (Å²) in [5, 5.41) is 9.36. The van der Waals surface area contributed by atoms with Crippen LogP contribution < -0.4 is 0 Å². The fourth-order valence-corrected chi connectivity index (χ4v) is 4.09. The molecule has 0 spiro atoms. The van der Waals surface area contributed by atoms with Crippen LogP contribution in [-0.2, 0) is 0 Å². The topological polar surface area (TPSA) is 32.6 Å². The van der Waals surface area contributed by atoms with Crippen LogP contribution in [0.25, 0.3) is 0 Å². The van der Waals surface area contributed by atoms with Gasteiger partial charge in [0.2, 0.25) is 0 Å². The lowest BCUT2D eigenvalue weighted by atomic mass is 10.0. The molecular weight excluding hydrogens is 320 g/mol. The fraction of sp³-hybridized carbons (Fsp3) is 0.870. The third kappa shape index (κ3) is 9.32. The monoisotopic (exact) mass is 365 g/mol. The van der Waals surface area contributed by atoms with Gasteiger partial charge >= 0.3 is 0 Å². The third-order valence-corrected chi connectivity index (χ3v) is 6.00. The zero-order chi connectivity index (χ0) is 18.9. The molecule has 1 aliphatic rings. The van der Waals surface area contributed by atoms with E-state index in [4.69, 9.17) is 4.99 Å². The minimum Gasteiger partial charge on any atom is -0.391 e. The Bertz CT molecular complexity index is 380. The predicted octanol–water partition coefficient (Wildman–Crippen LogP) is 5.87. The molecule has 26 heavy (non-hydrogen) atoms. The molecule has 0 aromatic carbocycles. The lowest BCUT2D eigenvalue weighted by Crippen LogP contribution is -2.53. The number of likely N-dealkylation sites (N-methyl/N-ethyl adjacent to an activating group) is 1. The van der Waals surface area contributed by atoms with Crippen LogP contribution in [0.3, 0.4) is 0 Å². The van der Waals surface area contributed by atoms with Gasteiger partial charge < -0.3 is 5.11 Å². The summed E-state index contributed by atoms with van der Waals surface area (Å²) >= 11 is 0. The molecule has 0 amide bonds. The van der Waals surface area contributed by atoms with Crippen molar-refractivity contribution in [1.82, 2.24) is 0 Å². The van der Waals surface area contributed by atoms with Crippen LogP contribution in [0.1, 0.15) is 97.3 Å². The van der Waals surface area contributed by atoms with Crippen LogP contribution in [0.15, 0.2) is 17.1 Å². The second-order valence-corrected chi connectivity index (χ2v) is 8.00. The van der Waals surface area contributed by atoms with E-state index < -0.39 is 0 Å². The summed E-state index contributed by atoms with van der Waals surface area (Å²) < 4.78 is 0.976. The van der Waals surface area contributed by atoms with Crippen molar-refractivity contribution in [2.75, 3.05) is 26.2 Å². The van der Waals surface area contributed by atoms with E-state index in [2.05, 4.69) is 32.2 Å². The zero-order valence-corrected chi connectivity index (χ0v) is 17.7. The first-order chi connectivity index (χ1) is 12.8. The average molecular weight is 366 g/mol. The molecule has 1 heterocycles. The lowest BCUT2D eigenvalue weighted by molar-refractivity contribution is -0.936. The molecule has 2 atom stereocenters. The average Bonchev–Trinajstić information content (AvgIpc) is 3.05. The van der Waals surface area contributed by atoms with E-state index in [0.717, 1.165) is 24.1 Å². The first-order valence-corrected chi connectivity index (χ1v) is 11.4. The van der Waals surface area contributed by atoms with Crippen molar-refractivity contribution >= 4 is 6.21 Å². The molecule has 0 fully saturated rings. The fourth-order valence-electron chi connectivity index (χ4n) is 4.09. The maximum Gasteiger partial charge on any atom is 0.182 e. The summed E-state index contributed by atoms with van der Waals surface area (Å²) in [4.78, 5) is 4.71.